The van der Waals surface area contributed by atoms with Crippen LogP contribution in [0.5, 0.6) is 0 Å². The maximum atomic E-state index is 12.1. The van der Waals surface area contributed by atoms with Crippen molar-refractivity contribution in [3.05, 3.63) is 34.3 Å². The van der Waals surface area contributed by atoms with Crippen LogP contribution in [0.1, 0.15) is 35.6 Å². The molecule has 9 heteroatoms. The van der Waals surface area contributed by atoms with Crippen LogP contribution in [0, 0.1) is 0 Å². The zero-order valence-corrected chi connectivity index (χ0v) is 14.0. The predicted octanol–water partition coefficient (Wildman–Crippen LogP) is 1.74. The standard InChI is InChI=1S/C13H16N4O3S2/c1-13(2,3)12-17-16-11(21-12)10(18)15-8-5-4-6-9(7-8)22(14,19)20/h4-7H,1-3H3,(H,15,18)(H2,14,19,20). The molecule has 1 aromatic heterocycles. The third-order valence-electron chi connectivity index (χ3n) is 2.68. The molecule has 0 aliphatic heterocycles. The van der Waals surface area contributed by atoms with Gasteiger partial charge in [0.05, 0.1) is 4.90 Å². The number of aromatic nitrogens is 2. The summed E-state index contributed by atoms with van der Waals surface area (Å²) in [5.74, 6) is -0.445. The van der Waals surface area contributed by atoms with E-state index in [9.17, 15) is 13.2 Å². The van der Waals surface area contributed by atoms with Gasteiger partial charge in [0, 0.05) is 11.1 Å². The van der Waals surface area contributed by atoms with E-state index < -0.39 is 15.9 Å². The fourth-order valence-electron chi connectivity index (χ4n) is 1.55. The van der Waals surface area contributed by atoms with Crippen LogP contribution >= 0.6 is 11.3 Å². The average Bonchev–Trinajstić information content (AvgIpc) is 2.87. The van der Waals surface area contributed by atoms with Crippen LogP contribution in [0.4, 0.5) is 5.69 Å². The minimum absolute atomic E-state index is 0.0713. The fourth-order valence-corrected chi connectivity index (χ4v) is 2.91. The van der Waals surface area contributed by atoms with Gasteiger partial charge in [-0.2, -0.15) is 0 Å². The lowest BCUT2D eigenvalue weighted by Crippen LogP contribution is -2.14. The normalized spacial score (nSPS) is 12.2. The molecule has 7 nitrogen and oxygen atoms in total. The number of rotatable bonds is 3. The topological polar surface area (TPSA) is 115 Å². The number of nitrogens with two attached hydrogens (primary N) is 1. The number of hydrogen-bond acceptors (Lipinski definition) is 6. The van der Waals surface area contributed by atoms with Crippen molar-refractivity contribution in [3.63, 3.8) is 0 Å². The second kappa shape index (κ2) is 5.75. The predicted molar refractivity (Wildman–Crippen MR) is 84.4 cm³/mol. The van der Waals surface area contributed by atoms with Crippen LogP contribution in [-0.2, 0) is 15.4 Å². The Hall–Kier alpha value is -1.84. The van der Waals surface area contributed by atoms with E-state index in [2.05, 4.69) is 15.5 Å². The number of anilines is 1. The zero-order chi connectivity index (χ0) is 16.5. The van der Waals surface area contributed by atoms with Gasteiger partial charge in [0.25, 0.3) is 5.91 Å². The van der Waals surface area contributed by atoms with Gasteiger partial charge in [-0.1, -0.05) is 38.2 Å². The van der Waals surface area contributed by atoms with Gasteiger partial charge in [-0.25, -0.2) is 13.6 Å². The molecule has 0 saturated heterocycles. The van der Waals surface area contributed by atoms with Crippen molar-refractivity contribution in [1.29, 1.82) is 0 Å². The second-order valence-electron chi connectivity index (χ2n) is 5.69. The molecule has 0 saturated carbocycles. The van der Waals surface area contributed by atoms with Gasteiger partial charge in [0.15, 0.2) is 0 Å². The Morgan fingerprint density at radius 2 is 1.95 bits per heavy atom. The van der Waals surface area contributed by atoms with Crippen LogP contribution in [0.2, 0.25) is 0 Å². The molecule has 0 aliphatic rings. The van der Waals surface area contributed by atoms with Crippen LogP contribution in [0.15, 0.2) is 29.2 Å². The first-order valence-electron chi connectivity index (χ1n) is 6.35. The van der Waals surface area contributed by atoms with Gasteiger partial charge in [-0.05, 0) is 18.2 Å². The molecule has 0 atom stereocenters. The highest BCUT2D eigenvalue weighted by atomic mass is 32.2. The average molecular weight is 340 g/mol. The number of sulfonamides is 1. The first kappa shape index (κ1) is 16.5. The summed E-state index contributed by atoms with van der Waals surface area (Å²) in [5.41, 5.74) is 0.132. The Kier molecular flexibility index (Phi) is 4.32. The molecule has 1 heterocycles. The third-order valence-corrected chi connectivity index (χ3v) is 4.94. The smallest absolute Gasteiger partial charge is 0.286 e. The van der Waals surface area contributed by atoms with Crippen molar-refractivity contribution in [2.24, 2.45) is 5.14 Å². The number of carbonyl (C=O) groups excluding carboxylic acids is 1. The van der Waals surface area contributed by atoms with Gasteiger partial charge in [-0.15, -0.1) is 10.2 Å². The molecule has 1 amide bonds. The van der Waals surface area contributed by atoms with E-state index in [0.29, 0.717) is 5.69 Å². The Balaban J connectivity index is 2.21. The second-order valence-corrected chi connectivity index (χ2v) is 8.23. The molecule has 2 rings (SSSR count). The molecule has 22 heavy (non-hydrogen) atoms. The third kappa shape index (κ3) is 3.87. The summed E-state index contributed by atoms with van der Waals surface area (Å²) in [7, 11) is -3.82. The van der Waals surface area contributed by atoms with E-state index in [1.165, 1.54) is 29.5 Å². The fraction of sp³-hybridized carbons (Fsp3) is 0.308. The number of nitrogens with zero attached hydrogens (tertiary/aromatic N) is 2. The minimum Gasteiger partial charge on any atom is -0.320 e. The number of hydrogen-bond donors (Lipinski definition) is 2. The number of carbonyl (C=O) groups is 1. The van der Waals surface area contributed by atoms with E-state index >= 15 is 0 Å². The summed E-state index contributed by atoms with van der Waals surface area (Å²) >= 11 is 1.20. The number of nitrogens with one attached hydrogen (secondary N) is 1. The molecule has 1 aromatic carbocycles. The maximum absolute atomic E-state index is 12.1. The van der Waals surface area contributed by atoms with Gasteiger partial charge in [0.1, 0.15) is 5.01 Å². The molecule has 118 valence electrons. The van der Waals surface area contributed by atoms with Gasteiger partial charge >= 0.3 is 0 Å². The van der Waals surface area contributed by atoms with Gasteiger partial charge < -0.3 is 5.32 Å². The first-order valence-corrected chi connectivity index (χ1v) is 8.72. The summed E-state index contributed by atoms with van der Waals surface area (Å²) in [6.45, 7) is 5.93. The lowest BCUT2D eigenvalue weighted by Gasteiger charge is -2.12. The SMILES string of the molecule is CC(C)(C)c1nnc(C(=O)Nc2cccc(S(N)(=O)=O)c2)s1. The minimum atomic E-state index is -3.82. The zero-order valence-electron chi connectivity index (χ0n) is 12.3. The van der Waals surface area contributed by atoms with E-state index in [4.69, 9.17) is 5.14 Å². The Bertz CT molecular complexity index is 807. The van der Waals surface area contributed by atoms with Crippen LogP contribution in [0.25, 0.3) is 0 Å². The molecule has 0 fully saturated rings. The van der Waals surface area contributed by atoms with Crippen molar-refractivity contribution >= 4 is 33.0 Å². The number of benzene rings is 1. The van der Waals surface area contributed by atoms with E-state index in [0.717, 1.165) is 5.01 Å². The van der Waals surface area contributed by atoms with Crippen molar-refractivity contribution in [3.8, 4) is 0 Å². The number of primary sulfonamides is 1. The summed E-state index contributed by atoms with van der Waals surface area (Å²) < 4.78 is 22.6. The summed E-state index contributed by atoms with van der Waals surface area (Å²) in [4.78, 5) is 12.1. The highest BCUT2D eigenvalue weighted by molar-refractivity contribution is 7.89. The highest BCUT2D eigenvalue weighted by Crippen LogP contribution is 2.25. The van der Waals surface area contributed by atoms with E-state index in [1.807, 2.05) is 20.8 Å². The van der Waals surface area contributed by atoms with Crippen molar-refractivity contribution in [1.82, 2.24) is 10.2 Å². The summed E-state index contributed by atoms with van der Waals surface area (Å²) in [6, 6.07) is 5.71. The van der Waals surface area contributed by atoms with Crippen molar-refractivity contribution in [2.75, 3.05) is 5.32 Å². The van der Waals surface area contributed by atoms with Crippen LogP contribution in [-0.4, -0.2) is 24.5 Å². The van der Waals surface area contributed by atoms with Crippen LogP contribution in [0.3, 0.4) is 0 Å². The molecular weight excluding hydrogens is 324 g/mol. The van der Waals surface area contributed by atoms with Gasteiger partial charge in [-0.3, -0.25) is 4.79 Å². The van der Waals surface area contributed by atoms with Gasteiger partial charge in [0.2, 0.25) is 15.0 Å². The molecule has 0 spiro atoms. The van der Waals surface area contributed by atoms with Crippen LogP contribution < -0.4 is 10.5 Å². The molecular formula is C13H16N4O3S2. The lowest BCUT2D eigenvalue weighted by atomic mass is 9.98. The quantitative estimate of drug-likeness (QED) is 0.883. The lowest BCUT2D eigenvalue weighted by molar-refractivity contribution is 0.102. The Morgan fingerprint density at radius 1 is 1.27 bits per heavy atom. The highest BCUT2D eigenvalue weighted by Gasteiger charge is 2.22. The first-order chi connectivity index (χ1) is 10.1. The molecule has 0 radical (unpaired) electrons. The summed E-state index contributed by atoms with van der Waals surface area (Å²) in [6.07, 6.45) is 0. The summed E-state index contributed by atoms with van der Waals surface area (Å²) in [5, 5.41) is 16.5. The Morgan fingerprint density at radius 3 is 2.50 bits per heavy atom. The van der Waals surface area contributed by atoms with E-state index in [1.54, 1.807) is 6.07 Å². The molecule has 0 unspecified atom stereocenters. The van der Waals surface area contributed by atoms with Crippen molar-refractivity contribution < 1.29 is 13.2 Å². The number of amides is 1. The van der Waals surface area contributed by atoms with E-state index in [-0.39, 0.29) is 15.3 Å². The Labute approximate surface area is 132 Å². The maximum Gasteiger partial charge on any atom is 0.286 e. The molecule has 3 N–H and O–H groups in total. The molecule has 2 aromatic rings. The van der Waals surface area contributed by atoms with Crippen molar-refractivity contribution in [2.45, 2.75) is 31.1 Å². The molecule has 0 bridgehead atoms. The largest absolute Gasteiger partial charge is 0.320 e. The molecule has 0 aliphatic carbocycles. The monoisotopic (exact) mass is 340 g/mol.